The Hall–Kier alpha value is -4.53. The van der Waals surface area contributed by atoms with Crippen molar-refractivity contribution in [3.63, 3.8) is 0 Å². The van der Waals surface area contributed by atoms with Crippen LogP contribution in [0.25, 0.3) is 22.2 Å². The smallest absolute Gasteiger partial charge is 0.429 e. The summed E-state index contributed by atoms with van der Waals surface area (Å²) in [5.74, 6) is 0.628. The molecule has 1 aliphatic heterocycles. The number of hydrogen-bond donors (Lipinski definition) is 1. The summed E-state index contributed by atoms with van der Waals surface area (Å²) in [5, 5.41) is 13.3. The Bertz CT molecular complexity index is 1620. The first-order valence-electron chi connectivity index (χ1n) is 13.5. The van der Waals surface area contributed by atoms with E-state index in [4.69, 9.17) is 18.9 Å². The summed E-state index contributed by atoms with van der Waals surface area (Å²) >= 11 is 0. The third kappa shape index (κ3) is 5.77. The van der Waals surface area contributed by atoms with Crippen molar-refractivity contribution in [2.75, 3.05) is 25.1 Å². The monoisotopic (exact) mass is 577 g/mol. The number of hydrogen-bond acceptors (Lipinski definition) is 6. The number of amides is 1. The number of anilines is 1. The molecule has 1 atom stereocenters. The number of rotatable bonds is 8. The Labute approximate surface area is 239 Å². The van der Waals surface area contributed by atoms with E-state index in [1.807, 2.05) is 12.1 Å². The molecule has 1 saturated heterocycles. The minimum atomic E-state index is -4.78. The number of nitrogens with zero attached hydrogens (tertiary/aromatic N) is 2. The number of nitriles is 1. The van der Waals surface area contributed by atoms with Gasteiger partial charge in [0, 0.05) is 28.7 Å². The van der Waals surface area contributed by atoms with Gasteiger partial charge >= 0.3 is 12.3 Å². The molecule has 8 nitrogen and oxygen atoms in total. The Morgan fingerprint density at radius 3 is 2.40 bits per heavy atom. The van der Waals surface area contributed by atoms with Gasteiger partial charge in [-0.05, 0) is 42.7 Å². The average molecular weight is 578 g/mol. The highest BCUT2D eigenvalue weighted by Gasteiger charge is 2.44. The Morgan fingerprint density at radius 1 is 1.05 bits per heavy atom. The summed E-state index contributed by atoms with van der Waals surface area (Å²) in [7, 11) is 0. The molecule has 0 bridgehead atoms. The lowest BCUT2D eigenvalue weighted by Gasteiger charge is -2.21. The second-order valence-corrected chi connectivity index (χ2v) is 10.0. The topological polar surface area (TPSA) is 94.7 Å². The number of carbonyl (C=O) groups is 1. The zero-order valence-corrected chi connectivity index (χ0v) is 22.3. The molecule has 11 heteroatoms. The molecule has 1 saturated carbocycles. The van der Waals surface area contributed by atoms with Crippen molar-refractivity contribution in [1.29, 1.82) is 5.26 Å². The minimum absolute atomic E-state index is 0.179. The van der Waals surface area contributed by atoms with Gasteiger partial charge in [0.15, 0.2) is 6.29 Å². The second kappa shape index (κ2) is 11.4. The van der Waals surface area contributed by atoms with Crippen LogP contribution in [0.1, 0.15) is 36.1 Å². The first-order chi connectivity index (χ1) is 20.3. The molecule has 216 valence electrons. The highest BCUT2D eigenvalue weighted by atomic mass is 19.4. The van der Waals surface area contributed by atoms with E-state index < -0.39 is 24.7 Å². The fourth-order valence-electron chi connectivity index (χ4n) is 5.07. The van der Waals surface area contributed by atoms with Gasteiger partial charge in [0.2, 0.25) is 6.10 Å². The van der Waals surface area contributed by atoms with Gasteiger partial charge in [-0.3, -0.25) is 5.32 Å². The first-order valence-corrected chi connectivity index (χ1v) is 13.5. The van der Waals surface area contributed by atoms with Gasteiger partial charge in [-0.2, -0.15) is 18.4 Å². The van der Waals surface area contributed by atoms with Crippen molar-refractivity contribution in [1.82, 2.24) is 4.57 Å². The van der Waals surface area contributed by atoms with E-state index in [0.717, 1.165) is 35.0 Å². The van der Waals surface area contributed by atoms with E-state index in [9.17, 15) is 23.2 Å². The SMILES string of the molecule is N#Cc1c(-c2ccc(NC(=O)OC(c3ccccc3)C(F)(F)F)cc2)n(C2CC2)c2cc(OCC3OCCO3)ccc12. The molecule has 4 aromatic rings. The summed E-state index contributed by atoms with van der Waals surface area (Å²) in [4.78, 5) is 12.4. The Kier molecular flexibility index (Phi) is 7.49. The van der Waals surface area contributed by atoms with Gasteiger partial charge in [0.1, 0.15) is 18.4 Å². The summed E-state index contributed by atoms with van der Waals surface area (Å²) in [6.07, 6.45) is -6.91. The van der Waals surface area contributed by atoms with Crippen LogP contribution in [-0.2, 0) is 14.2 Å². The highest BCUT2D eigenvalue weighted by molar-refractivity contribution is 5.96. The van der Waals surface area contributed by atoms with Crippen molar-refractivity contribution >= 4 is 22.7 Å². The van der Waals surface area contributed by atoms with E-state index >= 15 is 0 Å². The van der Waals surface area contributed by atoms with Crippen LogP contribution < -0.4 is 10.1 Å². The van der Waals surface area contributed by atoms with Crippen molar-refractivity contribution in [3.8, 4) is 23.1 Å². The largest absolute Gasteiger partial charge is 0.488 e. The Morgan fingerprint density at radius 2 is 1.76 bits per heavy atom. The summed E-state index contributed by atoms with van der Waals surface area (Å²) in [6, 6.07) is 21.6. The normalized spacial score (nSPS) is 16.2. The molecule has 1 amide bonds. The number of benzene rings is 3. The molecular weight excluding hydrogens is 551 g/mol. The fourth-order valence-corrected chi connectivity index (χ4v) is 5.07. The molecule has 0 radical (unpaired) electrons. The third-order valence-corrected chi connectivity index (χ3v) is 7.11. The van der Waals surface area contributed by atoms with E-state index in [-0.39, 0.29) is 23.9 Å². The molecule has 1 aliphatic carbocycles. The molecular formula is C31H26F3N3O5. The standard InChI is InChI=1S/C31H26F3N3O5/c32-31(33,34)29(20-4-2-1-3-5-20)42-30(38)36-21-8-6-19(7-9-21)28-25(17-35)24-13-12-23(41-18-27-39-14-15-40-27)16-26(24)37(28)22-10-11-22/h1-9,12-13,16,22,27,29H,10-11,14-15,18H2,(H,36,38). The second-order valence-electron chi connectivity index (χ2n) is 10.0. The molecule has 42 heavy (non-hydrogen) atoms. The van der Waals surface area contributed by atoms with Crippen LogP contribution in [0.5, 0.6) is 5.75 Å². The van der Waals surface area contributed by atoms with Gasteiger partial charge in [0.05, 0.1) is 30.0 Å². The quantitative estimate of drug-likeness (QED) is 0.240. The lowest BCUT2D eigenvalue weighted by atomic mass is 10.1. The van der Waals surface area contributed by atoms with Gasteiger partial charge in [0.25, 0.3) is 0 Å². The van der Waals surface area contributed by atoms with E-state index in [0.29, 0.717) is 24.5 Å². The van der Waals surface area contributed by atoms with Gasteiger partial charge in [-0.25, -0.2) is 4.79 Å². The van der Waals surface area contributed by atoms with Crippen LogP contribution in [0, 0.1) is 11.3 Å². The molecule has 2 heterocycles. The molecule has 1 unspecified atom stereocenters. The van der Waals surface area contributed by atoms with Crippen molar-refractivity contribution in [2.24, 2.45) is 0 Å². The summed E-state index contributed by atoms with van der Waals surface area (Å²) in [5.41, 5.74) is 2.88. The fraction of sp³-hybridized carbons (Fsp3) is 0.290. The predicted octanol–water partition coefficient (Wildman–Crippen LogP) is 7.12. The van der Waals surface area contributed by atoms with Gasteiger partial charge in [-0.1, -0.05) is 42.5 Å². The number of fused-ring (bicyclic) bond motifs is 1. The maximum atomic E-state index is 13.6. The lowest BCUT2D eigenvalue weighted by Crippen LogP contribution is -2.28. The zero-order chi connectivity index (χ0) is 29.3. The van der Waals surface area contributed by atoms with Gasteiger partial charge in [-0.15, -0.1) is 0 Å². The zero-order valence-electron chi connectivity index (χ0n) is 22.3. The van der Waals surface area contributed by atoms with E-state index in [2.05, 4.69) is 16.0 Å². The van der Waals surface area contributed by atoms with Crippen LogP contribution in [0.2, 0.25) is 0 Å². The number of alkyl halides is 3. The summed E-state index contributed by atoms with van der Waals surface area (Å²) in [6.45, 7) is 1.31. The van der Waals surface area contributed by atoms with Crippen molar-refractivity contribution < 1.29 is 36.9 Å². The van der Waals surface area contributed by atoms with Gasteiger partial charge < -0.3 is 23.5 Å². The average Bonchev–Trinajstić information content (AvgIpc) is 3.57. The first kappa shape index (κ1) is 27.6. The van der Waals surface area contributed by atoms with Crippen LogP contribution in [-0.4, -0.2) is 42.9 Å². The number of ether oxygens (including phenoxy) is 4. The maximum absolute atomic E-state index is 13.6. The third-order valence-electron chi connectivity index (χ3n) is 7.11. The molecule has 1 aromatic heterocycles. The van der Waals surface area contributed by atoms with Crippen LogP contribution in [0.15, 0.2) is 72.8 Å². The van der Waals surface area contributed by atoms with Crippen LogP contribution >= 0.6 is 0 Å². The molecule has 2 aliphatic rings. The Balaban J connectivity index is 1.24. The number of halogens is 3. The van der Waals surface area contributed by atoms with Crippen LogP contribution in [0.4, 0.5) is 23.7 Å². The van der Waals surface area contributed by atoms with Crippen molar-refractivity contribution in [3.05, 3.63) is 83.9 Å². The number of carbonyl (C=O) groups excluding carboxylic acids is 1. The lowest BCUT2D eigenvalue weighted by molar-refractivity contribution is -0.205. The number of nitrogens with one attached hydrogen (secondary N) is 1. The number of aromatic nitrogens is 1. The van der Waals surface area contributed by atoms with Crippen molar-refractivity contribution in [2.45, 2.75) is 37.5 Å². The highest BCUT2D eigenvalue weighted by Crippen LogP contribution is 2.45. The van der Waals surface area contributed by atoms with E-state index in [1.54, 1.807) is 36.4 Å². The maximum Gasteiger partial charge on any atom is 0.429 e. The summed E-state index contributed by atoms with van der Waals surface area (Å²) < 4.78 is 64.5. The minimum Gasteiger partial charge on any atom is -0.488 e. The predicted molar refractivity (Wildman–Crippen MR) is 147 cm³/mol. The molecule has 6 rings (SSSR count). The molecule has 1 N–H and O–H groups in total. The van der Waals surface area contributed by atoms with E-state index in [1.165, 1.54) is 24.3 Å². The molecule has 3 aromatic carbocycles. The molecule has 2 fully saturated rings. The molecule has 0 spiro atoms. The van der Waals surface area contributed by atoms with Crippen LogP contribution in [0.3, 0.4) is 0 Å².